The molecule has 6 nitrogen and oxygen atoms in total. The van der Waals surface area contributed by atoms with Crippen LogP contribution in [0, 0.1) is 17.3 Å². The van der Waals surface area contributed by atoms with Crippen LogP contribution in [0.25, 0.3) is 0 Å². The first kappa shape index (κ1) is 19.0. The molecule has 2 N–H and O–H groups in total. The van der Waals surface area contributed by atoms with Crippen LogP contribution in [0.1, 0.15) is 13.8 Å². The summed E-state index contributed by atoms with van der Waals surface area (Å²) in [6.45, 7) is 3.16. The average molecular weight is 656 g/mol. The van der Waals surface area contributed by atoms with Gasteiger partial charge in [0.05, 0.1) is 0 Å². The summed E-state index contributed by atoms with van der Waals surface area (Å²) in [4.78, 5) is 45.8. The van der Waals surface area contributed by atoms with Crippen molar-refractivity contribution in [1.82, 2.24) is 10.6 Å². The number of amides is 4. The van der Waals surface area contributed by atoms with E-state index in [9.17, 15) is 19.2 Å². The van der Waals surface area contributed by atoms with Crippen molar-refractivity contribution in [3.63, 3.8) is 0 Å². The number of carbonyl (C=O) groups excluding carboxylic acids is 4. The number of nitrogens with one attached hydrogen (secondary N) is 2. The van der Waals surface area contributed by atoms with Gasteiger partial charge < -0.3 is 0 Å². The molecule has 0 unspecified atom stereocenters. The quantitative estimate of drug-likeness (QED) is 0.233. The van der Waals surface area contributed by atoms with E-state index in [1.807, 2.05) is 10.6 Å². The molecular weight excluding hydrogens is 644 g/mol. The van der Waals surface area contributed by atoms with Crippen LogP contribution in [0.4, 0.5) is 0 Å². The van der Waals surface area contributed by atoms with E-state index in [1.54, 1.807) is 13.8 Å². The fourth-order valence-corrected chi connectivity index (χ4v) is 2.29. The molecule has 10 heteroatoms. The van der Waals surface area contributed by atoms with Crippen LogP contribution in [0.2, 0.25) is 0 Å². The zero-order valence-electron chi connectivity index (χ0n) is 10.6. The molecule has 2 bridgehead atoms. The summed E-state index contributed by atoms with van der Waals surface area (Å²) in [5, 5.41) is 7.98. The van der Waals surface area contributed by atoms with E-state index in [0.29, 0.717) is 0 Å². The van der Waals surface area contributed by atoms with Crippen LogP contribution in [0.5, 0.6) is 0 Å². The van der Waals surface area contributed by atoms with Gasteiger partial charge in [-0.2, -0.15) is 0 Å². The van der Waals surface area contributed by atoms with Crippen molar-refractivity contribution in [2.24, 2.45) is 17.3 Å². The van der Waals surface area contributed by atoms with Gasteiger partial charge in [0.1, 0.15) is 11.8 Å². The van der Waals surface area contributed by atoms with Gasteiger partial charge in [-0.25, -0.2) is 0 Å². The number of imide groups is 2. The van der Waals surface area contributed by atoms with E-state index in [-0.39, 0.29) is 0 Å². The molecule has 2 fully saturated rings. The predicted molar refractivity (Wildman–Crippen MR) is 96.2 cm³/mol. The molecule has 0 radical (unpaired) electrons. The first-order valence-electron chi connectivity index (χ1n) is 5.37. The van der Waals surface area contributed by atoms with Crippen molar-refractivity contribution in [3.8, 4) is 0 Å². The summed E-state index contributed by atoms with van der Waals surface area (Å²) in [5.74, 6) is -4.48. The minimum absolute atomic E-state index is 0.633. The zero-order valence-corrected chi connectivity index (χ0v) is 18.4. The van der Waals surface area contributed by atoms with Gasteiger partial charge in [0.2, 0.25) is 23.6 Å². The number of fused-ring (bicyclic) bond motifs is 2. The molecule has 2 aliphatic heterocycles. The fraction of sp³-hybridized carbons (Fsp3) is 0.500. The normalized spacial score (nSPS) is 28.1. The van der Waals surface area contributed by atoms with Gasteiger partial charge in [-0.05, 0) is 0 Å². The molecular formula is C10H12I3N2O4V. The van der Waals surface area contributed by atoms with Gasteiger partial charge in [0.25, 0.3) is 0 Å². The molecule has 0 spiro atoms. The van der Waals surface area contributed by atoms with Crippen LogP contribution in [0.15, 0.2) is 0 Å². The third kappa shape index (κ3) is 4.46. The molecule has 4 amide bonds. The van der Waals surface area contributed by atoms with Crippen molar-refractivity contribution in [1.29, 1.82) is 0 Å². The number of halogens is 3. The number of carbonyl (C=O) groups is 4. The van der Waals surface area contributed by atoms with E-state index < -0.39 is 44.2 Å². The van der Waals surface area contributed by atoms with Crippen LogP contribution >= 0.6 is 59.9 Å². The molecule has 2 heterocycles. The van der Waals surface area contributed by atoms with Crippen molar-refractivity contribution in [2.75, 3.05) is 0 Å². The molecule has 0 aliphatic carbocycles. The summed E-state index contributed by atoms with van der Waals surface area (Å²) in [7, 11) is 0. The first-order chi connectivity index (χ1) is 8.85. The van der Waals surface area contributed by atoms with Crippen LogP contribution in [-0.4, -0.2) is 28.9 Å². The number of hydrogen-bond acceptors (Lipinski definition) is 4. The zero-order chi connectivity index (χ0) is 15.9. The molecule has 0 atom stereocenters. The first-order valence-corrected chi connectivity index (χ1v) is 19.9. The Hall–Kier alpha value is 0.924. The molecule has 0 saturated carbocycles. The Morgan fingerprint density at radius 1 is 0.900 bits per heavy atom. The van der Waals surface area contributed by atoms with Crippen molar-refractivity contribution in [3.05, 3.63) is 0 Å². The van der Waals surface area contributed by atoms with E-state index in [1.165, 1.54) is 0 Å². The van der Waals surface area contributed by atoms with Crippen molar-refractivity contribution >= 4 is 88.8 Å². The van der Waals surface area contributed by atoms with E-state index in [4.69, 9.17) is 0 Å². The molecule has 0 aromatic heterocycles. The number of rotatable bonds is 0. The second-order valence-corrected chi connectivity index (χ2v) is 49.9. The maximum absolute atomic E-state index is 11.4. The van der Waals surface area contributed by atoms with E-state index in [2.05, 4.69) is 65.2 Å². The Kier molecular flexibility index (Phi) is 6.24. The Morgan fingerprint density at radius 2 is 1.10 bits per heavy atom. The Balaban J connectivity index is 0.000000347. The standard InChI is InChI=1S/C9H10N2O4.CH2.3HI.V/c1-9(2)3-5(12)10-7(14)4(9)8(15)11-6(3)13;;;;;/h3-4H,1-2H3,(H,10,12,14)(H,11,13,15);1H2;3*1H;/q;;;;;+3/p-3. The Labute approximate surface area is 151 Å². The van der Waals surface area contributed by atoms with Gasteiger partial charge in [-0.3, -0.25) is 29.8 Å². The molecule has 20 heavy (non-hydrogen) atoms. The molecule has 2 rings (SSSR count). The van der Waals surface area contributed by atoms with Gasteiger partial charge in [-0.15, -0.1) is 0 Å². The van der Waals surface area contributed by atoms with Crippen LogP contribution < -0.4 is 10.6 Å². The molecule has 112 valence electrons. The van der Waals surface area contributed by atoms with E-state index >= 15 is 0 Å². The summed E-state index contributed by atoms with van der Waals surface area (Å²) in [6.07, 6.45) is 0. The Morgan fingerprint density at radius 3 is 1.30 bits per heavy atom. The van der Waals surface area contributed by atoms with Crippen LogP contribution in [0.3, 0.4) is 0 Å². The topological polar surface area (TPSA) is 92.3 Å². The predicted octanol–water partition coefficient (Wildman–Crippen LogP) is 1.18. The number of hydrogen-bond donors (Lipinski definition) is 2. The average Bonchev–Trinajstić information content (AvgIpc) is 2.08. The Bertz CT molecular complexity index is 470. The summed E-state index contributed by atoms with van der Waals surface area (Å²) >= 11 is 7.23. The van der Waals surface area contributed by atoms with Gasteiger partial charge >= 0.3 is 68.5 Å². The van der Waals surface area contributed by atoms with E-state index in [0.717, 1.165) is 0 Å². The maximum atomic E-state index is 11.4. The van der Waals surface area contributed by atoms with Crippen molar-refractivity contribution < 1.29 is 22.5 Å². The fourth-order valence-electron chi connectivity index (χ4n) is 2.29. The molecule has 0 aromatic rings. The summed E-state index contributed by atoms with van der Waals surface area (Å²) < 4.78 is -1.22. The summed E-state index contributed by atoms with van der Waals surface area (Å²) in [6, 6.07) is 0. The molecule has 2 saturated heterocycles. The van der Waals surface area contributed by atoms with Crippen molar-refractivity contribution in [2.45, 2.75) is 13.8 Å². The molecule has 2 aliphatic rings. The number of piperidine rings is 2. The van der Waals surface area contributed by atoms with Gasteiger partial charge in [0, 0.05) is 5.41 Å². The minimum atomic E-state index is -1.22. The van der Waals surface area contributed by atoms with Crippen LogP contribution in [-0.2, 0) is 22.5 Å². The second-order valence-electron chi connectivity index (χ2n) is 4.94. The van der Waals surface area contributed by atoms with Gasteiger partial charge in [0.15, 0.2) is 0 Å². The third-order valence-corrected chi connectivity index (χ3v) is 3.03. The summed E-state index contributed by atoms with van der Waals surface area (Å²) in [5.41, 5.74) is -0.946. The molecule has 0 aromatic carbocycles. The van der Waals surface area contributed by atoms with Gasteiger partial charge in [-0.1, -0.05) is 13.8 Å². The SMILES string of the molecule is CC1(C)C2C(=O)NC(=O)C1C(=O)NC2=O.[CH2]=[V]([I])([I])[I]. The third-order valence-electron chi connectivity index (χ3n) is 3.03. The monoisotopic (exact) mass is 656 g/mol. The second kappa shape index (κ2) is 6.58.